The molecule has 0 saturated heterocycles. The number of methoxy groups -OCH3 is 2. The Bertz CT molecular complexity index is 843. The normalized spacial score (nSPS) is 10.5. The van der Waals surface area contributed by atoms with Gasteiger partial charge in [-0.1, -0.05) is 11.2 Å². The van der Waals surface area contributed by atoms with Gasteiger partial charge >= 0.3 is 0 Å². The molecule has 0 aliphatic heterocycles. The van der Waals surface area contributed by atoms with Gasteiger partial charge in [0.05, 0.1) is 14.2 Å². The lowest BCUT2D eigenvalue weighted by Crippen LogP contribution is -2.25. The van der Waals surface area contributed by atoms with Crippen molar-refractivity contribution in [2.45, 2.75) is 6.42 Å². The van der Waals surface area contributed by atoms with Crippen LogP contribution in [0.4, 0.5) is 0 Å². The number of rotatable bonds is 7. The minimum absolute atomic E-state index is 0.246. The molecule has 0 radical (unpaired) electrons. The number of aromatic nitrogens is 1. The third-order valence-corrected chi connectivity index (χ3v) is 4.58. The van der Waals surface area contributed by atoms with Crippen molar-refractivity contribution in [1.29, 1.82) is 0 Å². The SMILES string of the molecule is COc1ccc(-c2cc(C(=O)NCCc3cccs3)no2)cc1OC. The van der Waals surface area contributed by atoms with E-state index in [1.165, 1.54) is 4.88 Å². The van der Waals surface area contributed by atoms with Gasteiger partial charge in [0, 0.05) is 23.1 Å². The molecule has 1 aromatic carbocycles. The van der Waals surface area contributed by atoms with Gasteiger partial charge in [0.25, 0.3) is 5.91 Å². The quantitative estimate of drug-likeness (QED) is 0.701. The van der Waals surface area contributed by atoms with E-state index in [9.17, 15) is 4.79 Å². The maximum atomic E-state index is 12.2. The van der Waals surface area contributed by atoms with Crippen LogP contribution in [0, 0.1) is 0 Å². The zero-order valence-electron chi connectivity index (χ0n) is 13.9. The standard InChI is InChI=1S/C18H18N2O4S/c1-22-15-6-5-12(10-17(15)23-2)16-11-14(20-24-16)18(21)19-8-7-13-4-3-9-25-13/h3-6,9-11H,7-8H2,1-2H3,(H,19,21). The number of ether oxygens (including phenoxy) is 2. The van der Waals surface area contributed by atoms with Crippen molar-refractivity contribution in [1.82, 2.24) is 10.5 Å². The number of nitrogens with zero attached hydrogens (tertiary/aromatic N) is 1. The Morgan fingerprint density at radius 2 is 2.04 bits per heavy atom. The number of nitrogens with one attached hydrogen (secondary N) is 1. The van der Waals surface area contributed by atoms with Gasteiger partial charge < -0.3 is 19.3 Å². The summed E-state index contributed by atoms with van der Waals surface area (Å²) in [5.41, 5.74) is 0.999. The maximum absolute atomic E-state index is 12.2. The smallest absolute Gasteiger partial charge is 0.273 e. The molecule has 25 heavy (non-hydrogen) atoms. The zero-order chi connectivity index (χ0) is 17.6. The van der Waals surface area contributed by atoms with Gasteiger partial charge in [0.1, 0.15) is 0 Å². The van der Waals surface area contributed by atoms with Gasteiger partial charge in [-0.25, -0.2) is 0 Å². The summed E-state index contributed by atoms with van der Waals surface area (Å²) in [6.45, 7) is 0.553. The van der Waals surface area contributed by atoms with Gasteiger partial charge in [-0.3, -0.25) is 4.79 Å². The van der Waals surface area contributed by atoms with Crippen LogP contribution >= 0.6 is 11.3 Å². The van der Waals surface area contributed by atoms with E-state index in [1.807, 2.05) is 23.6 Å². The molecule has 0 unspecified atom stereocenters. The largest absolute Gasteiger partial charge is 0.493 e. The Balaban J connectivity index is 1.66. The van der Waals surface area contributed by atoms with E-state index in [1.54, 1.807) is 43.8 Å². The highest BCUT2D eigenvalue weighted by atomic mass is 32.1. The molecule has 1 N–H and O–H groups in total. The van der Waals surface area contributed by atoms with Crippen LogP contribution in [0.2, 0.25) is 0 Å². The van der Waals surface area contributed by atoms with E-state index in [-0.39, 0.29) is 11.6 Å². The summed E-state index contributed by atoms with van der Waals surface area (Å²) >= 11 is 1.67. The van der Waals surface area contributed by atoms with E-state index in [0.29, 0.717) is 23.8 Å². The molecular weight excluding hydrogens is 340 g/mol. The number of thiophene rings is 1. The van der Waals surface area contributed by atoms with Crippen molar-refractivity contribution in [3.8, 4) is 22.8 Å². The predicted octanol–water partition coefficient (Wildman–Crippen LogP) is 3.39. The molecule has 2 aromatic heterocycles. The van der Waals surface area contributed by atoms with Crippen molar-refractivity contribution in [3.63, 3.8) is 0 Å². The van der Waals surface area contributed by atoms with Gasteiger partial charge in [0.2, 0.25) is 0 Å². The van der Waals surface area contributed by atoms with Crippen LogP contribution in [-0.2, 0) is 6.42 Å². The minimum atomic E-state index is -0.257. The molecule has 2 heterocycles. The highest BCUT2D eigenvalue weighted by Crippen LogP contribution is 2.32. The lowest BCUT2D eigenvalue weighted by Gasteiger charge is -2.07. The molecule has 0 bridgehead atoms. The molecule has 3 aromatic rings. The van der Waals surface area contributed by atoms with Crippen molar-refractivity contribution < 1.29 is 18.8 Å². The first kappa shape index (κ1) is 17.0. The van der Waals surface area contributed by atoms with Crippen molar-refractivity contribution in [3.05, 3.63) is 52.3 Å². The summed E-state index contributed by atoms with van der Waals surface area (Å²) in [6.07, 6.45) is 0.795. The first-order chi connectivity index (χ1) is 12.2. The molecule has 130 valence electrons. The Kier molecular flexibility index (Phi) is 5.35. The minimum Gasteiger partial charge on any atom is -0.493 e. The van der Waals surface area contributed by atoms with Gasteiger partial charge in [-0.2, -0.15) is 0 Å². The van der Waals surface area contributed by atoms with Crippen molar-refractivity contribution in [2.75, 3.05) is 20.8 Å². The fourth-order valence-electron chi connectivity index (χ4n) is 2.35. The number of benzene rings is 1. The monoisotopic (exact) mass is 358 g/mol. The third-order valence-electron chi connectivity index (χ3n) is 3.65. The molecule has 3 rings (SSSR count). The molecular formula is C18H18N2O4S. The van der Waals surface area contributed by atoms with Crippen LogP contribution in [0.15, 0.2) is 46.3 Å². The number of hydrogen-bond donors (Lipinski definition) is 1. The van der Waals surface area contributed by atoms with Crippen LogP contribution in [0.5, 0.6) is 11.5 Å². The van der Waals surface area contributed by atoms with Gasteiger partial charge in [-0.15, -0.1) is 11.3 Å². The molecule has 7 heteroatoms. The molecule has 6 nitrogen and oxygen atoms in total. The molecule has 0 atom stereocenters. The van der Waals surface area contributed by atoms with Crippen molar-refractivity contribution >= 4 is 17.2 Å². The first-order valence-electron chi connectivity index (χ1n) is 7.71. The van der Waals surface area contributed by atoms with Crippen LogP contribution < -0.4 is 14.8 Å². The van der Waals surface area contributed by atoms with Gasteiger partial charge in [0.15, 0.2) is 23.0 Å². The Hall–Kier alpha value is -2.80. The molecule has 0 aliphatic carbocycles. The fraction of sp³-hybridized carbons (Fsp3) is 0.222. The highest BCUT2D eigenvalue weighted by molar-refractivity contribution is 7.09. The van der Waals surface area contributed by atoms with E-state index < -0.39 is 0 Å². The second kappa shape index (κ2) is 7.85. The summed E-state index contributed by atoms with van der Waals surface area (Å²) in [4.78, 5) is 13.4. The summed E-state index contributed by atoms with van der Waals surface area (Å²) < 4.78 is 15.8. The van der Waals surface area contributed by atoms with E-state index in [0.717, 1.165) is 12.0 Å². The van der Waals surface area contributed by atoms with Gasteiger partial charge in [-0.05, 0) is 36.1 Å². The fourth-order valence-corrected chi connectivity index (χ4v) is 3.06. The summed E-state index contributed by atoms with van der Waals surface area (Å²) in [6, 6.07) is 11.0. The highest BCUT2D eigenvalue weighted by Gasteiger charge is 2.15. The van der Waals surface area contributed by atoms with Crippen LogP contribution in [0.25, 0.3) is 11.3 Å². The Labute approximate surface area is 149 Å². The zero-order valence-corrected chi connectivity index (χ0v) is 14.8. The van der Waals surface area contributed by atoms with E-state index in [4.69, 9.17) is 14.0 Å². The lowest BCUT2D eigenvalue weighted by molar-refractivity contribution is 0.0945. The second-order valence-corrected chi connectivity index (χ2v) is 6.26. The predicted molar refractivity (Wildman–Crippen MR) is 95.4 cm³/mol. The number of hydrogen-bond acceptors (Lipinski definition) is 6. The maximum Gasteiger partial charge on any atom is 0.273 e. The van der Waals surface area contributed by atoms with E-state index >= 15 is 0 Å². The summed E-state index contributed by atoms with van der Waals surface area (Å²) in [5.74, 6) is 1.44. The van der Waals surface area contributed by atoms with Crippen LogP contribution in [0.1, 0.15) is 15.4 Å². The average molecular weight is 358 g/mol. The average Bonchev–Trinajstić information content (AvgIpc) is 3.33. The van der Waals surface area contributed by atoms with Crippen LogP contribution in [-0.4, -0.2) is 31.8 Å². The molecule has 0 fully saturated rings. The molecule has 0 saturated carbocycles. The Morgan fingerprint density at radius 3 is 2.76 bits per heavy atom. The molecule has 0 spiro atoms. The summed E-state index contributed by atoms with van der Waals surface area (Å²) in [5, 5.41) is 8.71. The third kappa shape index (κ3) is 4.00. The molecule has 1 amide bonds. The lowest BCUT2D eigenvalue weighted by atomic mass is 10.1. The van der Waals surface area contributed by atoms with Crippen molar-refractivity contribution in [2.24, 2.45) is 0 Å². The number of amides is 1. The summed E-state index contributed by atoms with van der Waals surface area (Å²) in [7, 11) is 3.14. The Morgan fingerprint density at radius 1 is 1.20 bits per heavy atom. The molecule has 0 aliphatic rings. The van der Waals surface area contributed by atoms with Crippen LogP contribution in [0.3, 0.4) is 0 Å². The second-order valence-electron chi connectivity index (χ2n) is 5.23. The topological polar surface area (TPSA) is 73.6 Å². The first-order valence-corrected chi connectivity index (χ1v) is 8.59. The van der Waals surface area contributed by atoms with E-state index in [2.05, 4.69) is 10.5 Å². The number of carbonyl (C=O) groups is 1. The number of carbonyl (C=O) groups excluding carboxylic acids is 1.